The van der Waals surface area contributed by atoms with Crippen molar-refractivity contribution < 1.29 is 9.90 Å². The molecule has 1 aromatic heterocycles. The van der Waals surface area contributed by atoms with Crippen molar-refractivity contribution in [3.05, 3.63) is 42.4 Å². The van der Waals surface area contributed by atoms with Crippen molar-refractivity contribution in [3.63, 3.8) is 0 Å². The van der Waals surface area contributed by atoms with E-state index in [1.165, 1.54) is 0 Å². The second kappa shape index (κ2) is 3.73. The number of carbonyl (C=O) groups is 1. The highest BCUT2D eigenvalue weighted by molar-refractivity contribution is 5.73. The highest BCUT2D eigenvalue weighted by atomic mass is 16.4. The van der Waals surface area contributed by atoms with Crippen LogP contribution in [0.3, 0.4) is 0 Å². The number of carboxylic acid groups (broad SMARTS) is 1. The van der Waals surface area contributed by atoms with Gasteiger partial charge in [-0.25, -0.2) is 9.78 Å². The van der Waals surface area contributed by atoms with Crippen LogP contribution in [0.2, 0.25) is 0 Å². The number of aliphatic carboxylic acids is 1. The van der Waals surface area contributed by atoms with E-state index in [2.05, 4.69) is 4.98 Å². The lowest BCUT2D eigenvalue weighted by molar-refractivity contribution is -0.140. The largest absolute Gasteiger partial charge is 0.480 e. The number of aromatic nitrogens is 2. The molecule has 0 bridgehead atoms. The molecule has 0 amide bonds. The second-order valence-electron chi connectivity index (χ2n) is 4.21. The number of hydrogen-bond acceptors (Lipinski definition) is 2. The van der Waals surface area contributed by atoms with Gasteiger partial charge in [0, 0.05) is 18.2 Å². The van der Waals surface area contributed by atoms with Crippen molar-refractivity contribution in [3.8, 4) is 11.3 Å². The van der Waals surface area contributed by atoms with Gasteiger partial charge in [-0.15, -0.1) is 0 Å². The number of aryl methyl sites for hydroxylation is 1. The third-order valence-corrected chi connectivity index (χ3v) is 3.14. The van der Waals surface area contributed by atoms with Gasteiger partial charge in [0.1, 0.15) is 11.9 Å². The summed E-state index contributed by atoms with van der Waals surface area (Å²) < 4.78 is 1.78. The number of fused-ring (bicyclic) bond motifs is 1. The van der Waals surface area contributed by atoms with Gasteiger partial charge in [0.2, 0.25) is 0 Å². The SMILES string of the molecule is O=C(O)C1CCc2nc(-c3ccccc3)cn21. The summed E-state index contributed by atoms with van der Waals surface area (Å²) in [5.41, 5.74) is 1.88. The minimum atomic E-state index is -0.777. The molecule has 0 spiro atoms. The number of imidazole rings is 1. The molecule has 2 heterocycles. The van der Waals surface area contributed by atoms with Gasteiger partial charge in [0.15, 0.2) is 0 Å². The van der Waals surface area contributed by atoms with Gasteiger partial charge < -0.3 is 9.67 Å². The number of rotatable bonds is 2. The van der Waals surface area contributed by atoms with Gasteiger partial charge in [-0.3, -0.25) is 0 Å². The molecule has 1 aliphatic rings. The zero-order valence-corrected chi connectivity index (χ0v) is 9.21. The van der Waals surface area contributed by atoms with E-state index >= 15 is 0 Å². The molecule has 17 heavy (non-hydrogen) atoms. The molecule has 3 rings (SSSR count). The molecule has 0 saturated carbocycles. The summed E-state index contributed by atoms with van der Waals surface area (Å²) in [6.45, 7) is 0. The molecule has 1 unspecified atom stereocenters. The van der Waals surface area contributed by atoms with E-state index in [9.17, 15) is 4.79 Å². The Morgan fingerprint density at radius 2 is 2.12 bits per heavy atom. The van der Waals surface area contributed by atoms with Crippen molar-refractivity contribution in [2.45, 2.75) is 18.9 Å². The topological polar surface area (TPSA) is 55.1 Å². The molecule has 1 aliphatic heterocycles. The van der Waals surface area contributed by atoms with Crippen LogP contribution in [0.15, 0.2) is 36.5 Å². The van der Waals surface area contributed by atoms with Crippen molar-refractivity contribution in [1.82, 2.24) is 9.55 Å². The lowest BCUT2D eigenvalue weighted by atomic mass is 10.1. The fourth-order valence-corrected chi connectivity index (χ4v) is 2.28. The highest BCUT2D eigenvalue weighted by Crippen LogP contribution is 2.29. The van der Waals surface area contributed by atoms with Crippen LogP contribution in [0.1, 0.15) is 18.3 Å². The summed E-state index contributed by atoms with van der Waals surface area (Å²) in [6.07, 6.45) is 3.23. The highest BCUT2D eigenvalue weighted by Gasteiger charge is 2.29. The average Bonchev–Trinajstić information content (AvgIpc) is 2.88. The Balaban J connectivity index is 2.02. The summed E-state index contributed by atoms with van der Waals surface area (Å²) in [5, 5.41) is 9.09. The predicted octanol–water partition coefficient (Wildman–Crippen LogP) is 2.12. The van der Waals surface area contributed by atoms with Crippen LogP contribution in [0.4, 0.5) is 0 Å². The van der Waals surface area contributed by atoms with Crippen molar-refractivity contribution >= 4 is 5.97 Å². The van der Waals surface area contributed by atoms with E-state index < -0.39 is 12.0 Å². The molecule has 4 heteroatoms. The Morgan fingerprint density at radius 3 is 2.82 bits per heavy atom. The van der Waals surface area contributed by atoms with Crippen molar-refractivity contribution in [1.29, 1.82) is 0 Å². The van der Waals surface area contributed by atoms with Crippen LogP contribution in [-0.4, -0.2) is 20.6 Å². The Hall–Kier alpha value is -2.10. The maximum atomic E-state index is 11.1. The monoisotopic (exact) mass is 228 g/mol. The minimum absolute atomic E-state index is 0.449. The Morgan fingerprint density at radius 1 is 1.35 bits per heavy atom. The van der Waals surface area contributed by atoms with E-state index in [1.807, 2.05) is 36.5 Å². The molecular formula is C13H12N2O2. The van der Waals surface area contributed by atoms with E-state index in [1.54, 1.807) is 4.57 Å². The maximum absolute atomic E-state index is 11.1. The van der Waals surface area contributed by atoms with Crippen LogP contribution >= 0.6 is 0 Å². The van der Waals surface area contributed by atoms with Crippen molar-refractivity contribution in [2.24, 2.45) is 0 Å². The molecule has 0 aliphatic carbocycles. The molecule has 1 atom stereocenters. The molecule has 1 N–H and O–H groups in total. The van der Waals surface area contributed by atoms with Gasteiger partial charge in [-0.05, 0) is 6.42 Å². The summed E-state index contributed by atoms with van der Waals surface area (Å²) in [6, 6.07) is 9.37. The molecule has 1 aromatic carbocycles. The van der Waals surface area contributed by atoms with Gasteiger partial charge in [-0.1, -0.05) is 30.3 Å². The maximum Gasteiger partial charge on any atom is 0.326 e. The van der Waals surface area contributed by atoms with Crippen LogP contribution in [0, 0.1) is 0 Å². The third kappa shape index (κ3) is 1.62. The van der Waals surface area contributed by atoms with Crippen molar-refractivity contribution in [2.75, 3.05) is 0 Å². The predicted molar refractivity (Wildman–Crippen MR) is 62.7 cm³/mol. The molecular weight excluding hydrogens is 216 g/mol. The normalized spacial score (nSPS) is 18.0. The van der Waals surface area contributed by atoms with Crippen LogP contribution in [-0.2, 0) is 11.2 Å². The second-order valence-corrected chi connectivity index (χ2v) is 4.21. The Labute approximate surface area is 98.5 Å². The summed E-state index contributed by atoms with van der Waals surface area (Å²) >= 11 is 0. The lowest BCUT2D eigenvalue weighted by Gasteiger charge is -2.05. The first kappa shape index (κ1) is 10.1. The molecule has 2 aromatic rings. The average molecular weight is 228 g/mol. The first-order valence-electron chi connectivity index (χ1n) is 5.61. The standard InChI is InChI=1S/C13H12N2O2/c16-13(17)11-6-7-12-14-10(8-15(11)12)9-4-2-1-3-5-9/h1-5,8,11H,6-7H2,(H,16,17). The summed E-state index contributed by atoms with van der Waals surface area (Å²) in [7, 11) is 0. The number of nitrogens with zero attached hydrogens (tertiary/aromatic N) is 2. The number of carboxylic acids is 1. The summed E-state index contributed by atoms with van der Waals surface area (Å²) in [5.74, 6) is 0.0945. The van der Waals surface area contributed by atoms with Crippen LogP contribution in [0.5, 0.6) is 0 Å². The van der Waals surface area contributed by atoms with Gasteiger partial charge >= 0.3 is 5.97 Å². The molecule has 0 radical (unpaired) electrons. The first-order chi connectivity index (χ1) is 8.25. The third-order valence-electron chi connectivity index (χ3n) is 3.14. The molecule has 0 fully saturated rings. The molecule has 86 valence electrons. The van der Waals surface area contributed by atoms with E-state index in [0.29, 0.717) is 6.42 Å². The van der Waals surface area contributed by atoms with Gasteiger partial charge in [0.25, 0.3) is 0 Å². The minimum Gasteiger partial charge on any atom is -0.480 e. The molecule has 0 saturated heterocycles. The zero-order valence-electron chi connectivity index (χ0n) is 9.21. The van der Waals surface area contributed by atoms with E-state index in [-0.39, 0.29) is 0 Å². The fourth-order valence-electron chi connectivity index (χ4n) is 2.28. The molecule has 4 nitrogen and oxygen atoms in total. The van der Waals surface area contributed by atoms with E-state index in [0.717, 1.165) is 23.5 Å². The zero-order chi connectivity index (χ0) is 11.8. The summed E-state index contributed by atoms with van der Waals surface area (Å²) in [4.78, 5) is 15.6. The lowest BCUT2D eigenvalue weighted by Crippen LogP contribution is -2.13. The fraction of sp³-hybridized carbons (Fsp3) is 0.231. The number of benzene rings is 1. The Bertz CT molecular complexity index is 560. The Kier molecular flexibility index (Phi) is 2.21. The smallest absolute Gasteiger partial charge is 0.326 e. The van der Waals surface area contributed by atoms with Gasteiger partial charge in [0.05, 0.1) is 5.69 Å². The quantitative estimate of drug-likeness (QED) is 0.856. The van der Waals surface area contributed by atoms with Gasteiger partial charge in [-0.2, -0.15) is 0 Å². The van der Waals surface area contributed by atoms with Crippen LogP contribution in [0.25, 0.3) is 11.3 Å². The first-order valence-corrected chi connectivity index (χ1v) is 5.61. The van der Waals surface area contributed by atoms with E-state index in [4.69, 9.17) is 5.11 Å². The van der Waals surface area contributed by atoms with Crippen LogP contribution < -0.4 is 0 Å². The number of hydrogen-bond donors (Lipinski definition) is 1.